The predicted octanol–water partition coefficient (Wildman–Crippen LogP) is 1.66. The predicted molar refractivity (Wildman–Crippen MR) is 42.1 cm³/mol. The van der Waals surface area contributed by atoms with Crippen molar-refractivity contribution in [2.75, 3.05) is 6.61 Å². The zero-order valence-corrected chi connectivity index (χ0v) is 7.73. The molecule has 4 heteroatoms. The molecule has 0 saturated heterocycles. The van der Waals surface area contributed by atoms with E-state index in [1.165, 1.54) is 0 Å². The van der Waals surface area contributed by atoms with Crippen molar-refractivity contribution in [1.82, 2.24) is 0 Å². The van der Waals surface area contributed by atoms with E-state index in [4.69, 9.17) is 10.2 Å². The normalized spacial score (nSPS) is 9.20. The van der Waals surface area contributed by atoms with E-state index in [-0.39, 0.29) is 6.61 Å². The molecule has 1 N–H and O–H groups in total. The first-order valence-electron chi connectivity index (χ1n) is 3.10. The van der Waals surface area contributed by atoms with Crippen molar-refractivity contribution in [1.29, 1.82) is 5.41 Å². The molecule has 0 aliphatic heterocycles. The summed E-state index contributed by atoms with van der Waals surface area (Å²) in [7, 11) is -0.970. The lowest BCUT2D eigenvalue weighted by Crippen LogP contribution is -2.20. The van der Waals surface area contributed by atoms with Crippen LogP contribution in [-0.2, 0) is 9.90 Å². The van der Waals surface area contributed by atoms with Gasteiger partial charge in [-0.15, -0.1) is 0 Å². The lowest BCUT2D eigenvalue weighted by molar-refractivity contribution is 0.210. The van der Waals surface area contributed by atoms with Gasteiger partial charge >= 0.3 is 0 Å². The summed E-state index contributed by atoms with van der Waals surface area (Å²) in [5.74, 6) is 0. The van der Waals surface area contributed by atoms with Gasteiger partial charge in [-0.1, -0.05) is 19.6 Å². The first-order chi connectivity index (χ1) is 4.47. The molecule has 0 amide bonds. The molecule has 0 rings (SSSR count). The zero-order chi connectivity index (χ0) is 8.62. The summed E-state index contributed by atoms with van der Waals surface area (Å²) in [6.07, 6.45) is 0.750. The minimum absolute atomic E-state index is 0.121. The molecule has 0 fully saturated rings. The second-order valence-corrected chi connectivity index (χ2v) is 8.74. The molecule has 0 unspecified atom stereocenters. The molecule has 0 aromatic heterocycles. The van der Waals surface area contributed by atoms with Gasteiger partial charge in [0.2, 0.25) is 6.08 Å². The Bertz CT molecular complexity index is 103. The largest absolute Gasteiger partial charge is 0.237 e. The van der Waals surface area contributed by atoms with Crippen LogP contribution in [-0.4, -0.2) is 20.8 Å². The van der Waals surface area contributed by atoms with Crippen molar-refractivity contribution in [3.63, 3.8) is 0 Å². The Morgan fingerprint density at radius 1 is 1.40 bits per heavy atom. The molecule has 0 saturated carbocycles. The molecule has 59 valence electrons. The van der Waals surface area contributed by atoms with Crippen LogP contribution in [0.25, 0.3) is 0 Å². The van der Waals surface area contributed by atoms with Crippen LogP contribution in [0.3, 0.4) is 0 Å². The van der Waals surface area contributed by atoms with Crippen LogP contribution in [0.4, 0.5) is 0 Å². The average Bonchev–Trinajstić information content (AvgIpc) is 1.63. The van der Waals surface area contributed by atoms with Crippen molar-refractivity contribution < 1.29 is 9.90 Å². The molecule has 0 aliphatic rings. The Labute approximate surface area is 62.6 Å². The van der Waals surface area contributed by atoms with Crippen molar-refractivity contribution >= 4 is 14.2 Å². The van der Waals surface area contributed by atoms with Crippen LogP contribution in [0.15, 0.2) is 0 Å². The fourth-order valence-electron chi connectivity index (χ4n) is 0.306. The van der Waals surface area contributed by atoms with Crippen molar-refractivity contribution in [3.05, 3.63) is 0 Å². The van der Waals surface area contributed by atoms with Gasteiger partial charge in [-0.05, 0) is 6.04 Å². The van der Waals surface area contributed by atoms with Gasteiger partial charge in [0.1, 0.15) is 0 Å². The molecule has 0 aromatic rings. The van der Waals surface area contributed by atoms with E-state index >= 15 is 0 Å². The highest BCUT2D eigenvalue weighted by Gasteiger charge is 2.10. The highest BCUT2D eigenvalue weighted by Crippen LogP contribution is 2.05. The minimum Gasteiger partial charge on any atom is -0.237 e. The first-order valence-corrected chi connectivity index (χ1v) is 6.80. The van der Waals surface area contributed by atoms with E-state index in [0.717, 1.165) is 12.1 Å². The van der Waals surface area contributed by atoms with Gasteiger partial charge < -0.3 is 0 Å². The Hall–Kier alpha value is -0.443. The lowest BCUT2D eigenvalue weighted by atomic mass is 10.9. The fraction of sp³-hybridized carbons (Fsp3) is 0.833. The number of isocyanates is 1. The number of carbonyl (C=O) groups excluding carboxylic acids is 1. The molecule has 1 radical (unpaired) electrons. The fourth-order valence-corrected chi connectivity index (χ4v) is 0.919. The van der Waals surface area contributed by atoms with E-state index in [1.54, 1.807) is 0 Å². The molecule has 0 bridgehead atoms. The number of hydrogen-bond acceptors (Lipinski definition) is 2. The van der Waals surface area contributed by atoms with Gasteiger partial charge in [0.15, 0.2) is 0 Å². The lowest BCUT2D eigenvalue weighted by Gasteiger charge is -2.10. The molecular weight excluding hydrogens is 146 g/mol. The van der Waals surface area contributed by atoms with Crippen LogP contribution in [0, 0.1) is 5.41 Å². The Morgan fingerprint density at radius 3 is 1.70 bits per heavy atom. The Balaban J connectivity index is 0. The second kappa shape index (κ2) is 6.67. The van der Waals surface area contributed by atoms with Crippen LogP contribution < -0.4 is 0 Å². The van der Waals surface area contributed by atoms with E-state index in [9.17, 15) is 5.11 Å². The Morgan fingerprint density at radius 2 is 1.70 bits per heavy atom. The first kappa shape index (κ1) is 12.3. The summed E-state index contributed by atoms with van der Waals surface area (Å²) in [5, 5.41) is 15.4. The molecule has 0 atom stereocenters. The SMILES string of the molecule is C[Si](C)(C)CC[O].N=C=O. The Kier molecular flexibility index (Phi) is 8.18. The summed E-state index contributed by atoms with van der Waals surface area (Å²) < 4.78 is 0. The van der Waals surface area contributed by atoms with Crippen LogP contribution in [0.5, 0.6) is 0 Å². The van der Waals surface area contributed by atoms with E-state index in [2.05, 4.69) is 19.6 Å². The zero-order valence-electron chi connectivity index (χ0n) is 6.73. The highest BCUT2D eigenvalue weighted by molar-refractivity contribution is 6.76. The van der Waals surface area contributed by atoms with Crippen LogP contribution in [0.2, 0.25) is 25.7 Å². The maximum atomic E-state index is 9.98. The smallest absolute Gasteiger partial charge is 0.231 e. The van der Waals surface area contributed by atoms with E-state index in [1.807, 2.05) is 0 Å². The molecule has 0 aliphatic carbocycles. The van der Waals surface area contributed by atoms with Crippen molar-refractivity contribution in [2.24, 2.45) is 0 Å². The maximum absolute atomic E-state index is 9.98. The number of nitrogens with one attached hydrogen (secondary N) is 1. The topological polar surface area (TPSA) is 60.8 Å². The minimum atomic E-state index is -0.970. The molecule has 0 heterocycles. The van der Waals surface area contributed by atoms with E-state index < -0.39 is 8.07 Å². The average molecular weight is 160 g/mol. The third kappa shape index (κ3) is 25.7. The number of hydrogen-bond donors (Lipinski definition) is 1. The summed E-state index contributed by atoms with van der Waals surface area (Å²) in [6, 6.07) is 0.924. The summed E-state index contributed by atoms with van der Waals surface area (Å²) >= 11 is 0. The molecule has 3 nitrogen and oxygen atoms in total. The second-order valence-electron chi connectivity index (χ2n) is 3.12. The molecule has 0 spiro atoms. The van der Waals surface area contributed by atoms with Gasteiger partial charge in [0.05, 0.1) is 6.61 Å². The van der Waals surface area contributed by atoms with Crippen molar-refractivity contribution in [2.45, 2.75) is 25.7 Å². The van der Waals surface area contributed by atoms with Crippen molar-refractivity contribution in [3.8, 4) is 0 Å². The molecule has 10 heavy (non-hydrogen) atoms. The van der Waals surface area contributed by atoms with E-state index in [0.29, 0.717) is 0 Å². The highest BCUT2D eigenvalue weighted by atomic mass is 28.3. The van der Waals surface area contributed by atoms with Crippen LogP contribution in [0.1, 0.15) is 0 Å². The number of rotatable bonds is 2. The van der Waals surface area contributed by atoms with Gasteiger partial charge in [0.25, 0.3) is 0 Å². The van der Waals surface area contributed by atoms with Gasteiger partial charge in [-0.3, -0.25) is 0 Å². The molecule has 0 aromatic carbocycles. The quantitative estimate of drug-likeness (QED) is 0.373. The summed E-state index contributed by atoms with van der Waals surface area (Å²) in [6.45, 7) is 6.76. The van der Waals surface area contributed by atoms with Gasteiger partial charge in [-0.2, -0.15) is 0 Å². The molecular formula is C6H14NO2Si. The maximum Gasteiger partial charge on any atom is 0.231 e. The third-order valence-electron chi connectivity index (χ3n) is 0.852. The van der Waals surface area contributed by atoms with Crippen LogP contribution >= 0.6 is 0 Å². The van der Waals surface area contributed by atoms with Gasteiger partial charge in [0, 0.05) is 8.07 Å². The monoisotopic (exact) mass is 160 g/mol. The third-order valence-corrected chi connectivity index (χ3v) is 2.56. The summed E-state index contributed by atoms with van der Waals surface area (Å²) in [5.41, 5.74) is 0. The summed E-state index contributed by atoms with van der Waals surface area (Å²) in [4.78, 5) is 8.35. The van der Waals surface area contributed by atoms with Gasteiger partial charge in [-0.25, -0.2) is 15.3 Å². The standard InChI is InChI=1S/C5H13OSi.CHNO/c1-7(2,3)5-4-6;2-1-3/h4-5H2,1-3H3;2H.